The van der Waals surface area contributed by atoms with Crippen molar-refractivity contribution in [1.82, 2.24) is 0 Å². The van der Waals surface area contributed by atoms with Gasteiger partial charge in [0.2, 0.25) is 0 Å². The first-order valence-corrected chi connectivity index (χ1v) is 6.93. The number of nitrogens with two attached hydrogens (primary N) is 1. The van der Waals surface area contributed by atoms with Crippen molar-refractivity contribution in [3.63, 3.8) is 0 Å². The number of anilines is 2. The van der Waals surface area contributed by atoms with Crippen molar-refractivity contribution in [2.75, 3.05) is 25.3 Å². The van der Waals surface area contributed by atoms with Gasteiger partial charge in [0, 0.05) is 16.1 Å². The number of benzene rings is 2. The number of carbonyl (C=O) groups is 1. The minimum absolute atomic E-state index is 0.265. The molecule has 0 atom stereocenters. The zero-order valence-corrected chi connectivity index (χ0v) is 13.2. The highest BCUT2D eigenvalue weighted by Gasteiger charge is 2.11. The summed E-state index contributed by atoms with van der Waals surface area (Å²) < 4.78 is 11.0. The monoisotopic (exact) mass is 350 g/mol. The Hall–Kier alpha value is -2.21. The SMILES string of the molecule is COc1ccc(Br)c(NC(=O)c2ccc(OC)c(N)c2)c1. The summed E-state index contributed by atoms with van der Waals surface area (Å²) in [5.74, 6) is 0.926. The Balaban J connectivity index is 2.23. The average molecular weight is 351 g/mol. The Kier molecular flexibility index (Phi) is 4.70. The van der Waals surface area contributed by atoms with Gasteiger partial charge in [-0.1, -0.05) is 0 Å². The molecule has 0 aliphatic carbocycles. The average Bonchev–Trinajstić information content (AvgIpc) is 2.49. The van der Waals surface area contributed by atoms with Crippen LogP contribution >= 0.6 is 15.9 Å². The van der Waals surface area contributed by atoms with Gasteiger partial charge in [-0.25, -0.2) is 0 Å². The largest absolute Gasteiger partial charge is 0.497 e. The third kappa shape index (κ3) is 3.46. The first kappa shape index (κ1) is 15.2. The van der Waals surface area contributed by atoms with Crippen LogP contribution in [-0.2, 0) is 0 Å². The minimum Gasteiger partial charge on any atom is -0.497 e. The van der Waals surface area contributed by atoms with E-state index in [-0.39, 0.29) is 5.91 Å². The molecule has 0 unspecified atom stereocenters. The number of halogens is 1. The van der Waals surface area contributed by atoms with E-state index < -0.39 is 0 Å². The highest BCUT2D eigenvalue weighted by molar-refractivity contribution is 9.10. The molecule has 5 nitrogen and oxygen atoms in total. The van der Waals surface area contributed by atoms with E-state index in [2.05, 4.69) is 21.2 Å². The van der Waals surface area contributed by atoms with Crippen molar-refractivity contribution in [3.8, 4) is 11.5 Å². The molecule has 1 amide bonds. The first-order chi connectivity index (χ1) is 10.0. The van der Waals surface area contributed by atoms with Crippen molar-refractivity contribution >= 4 is 33.2 Å². The summed E-state index contributed by atoms with van der Waals surface area (Å²) in [6, 6.07) is 10.2. The number of amides is 1. The van der Waals surface area contributed by atoms with Gasteiger partial charge in [0.1, 0.15) is 11.5 Å². The van der Waals surface area contributed by atoms with Crippen LogP contribution in [0, 0.1) is 0 Å². The maximum atomic E-state index is 12.2. The lowest BCUT2D eigenvalue weighted by Crippen LogP contribution is -2.13. The fourth-order valence-electron chi connectivity index (χ4n) is 1.80. The number of hydrogen-bond acceptors (Lipinski definition) is 4. The van der Waals surface area contributed by atoms with E-state index in [1.807, 2.05) is 0 Å². The van der Waals surface area contributed by atoms with Crippen LogP contribution < -0.4 is 20.5 Å². The highest BCUT2D eigenvalue weighted by Crippen LogP contribution is 2.28. The van der Waals surface area contributed by atoms with E-state index in [9.17, 15) is 4.79 Å². The summed E-state index contributed by atoms with van der Waals surface area (Å²) in [6.45, 7) is 0. The molecule has 2 rings (SSSR count). The minimum atomic E-state index is -0.265. The van der Waals surface area contributed by atoms with E-state index in [1.54, 1.807) is 43.5 Å². The van der Waals surface area contributed by atoms with Crippen molar-refractivity contribution < 1.29 is 14.3 Å². The van der Waals surface area contributed by atoms with Gasteiger partial charge >= 0.3 is 0 Å². The van der Waals surface area contributed by atoms with Crippen LogP contribution in [0.15, 0.2) is 40.9 Å². The molecule has 0 aromatic heterocycles. The third-order valence-electron chi connectivity index (χ3n) is 2.91. The lowest BCUT2D eigenvalue weighted by Gasteiger charge is -2.10. The molecule has 0 aliphatic heterocycles. The molecule has 2 aromatic rings. The molecule has 3 N–H and O–H groups in total. The predicted molar refractivity (Wildman–Crippen MR) is 86.1 cm³/mol. The van der Waals surface area contributed by atoms with E-state index in [0.717, 1.165) is 4.47 Å². The molecule has 0 bridgehead atoms. The number of methoxy groups -OCH3 is 2. The maximum Gasteiger partial charge on any atom is 0.255 e. The Morgan fingerprint density at radius 1 is 1.14 bits per heavy atom. The molecule has 0 heterocycles. The summed E-state index contributed by atoms with van der Waals surface area (Å²) in [5.41, 5.74) is 7.28. The standard InChI is InChI=1S/C15H15BrN2O3/c1-20-10-4-5-11(16)13(8-10)18-15(19)9-3-6-14(21-2)12(17)7-9/h3-8H,17H2,1-2H3,(H,18,19). The molecule has 0 saturated carbocycles. The number of nitrogens with one attached hydrogen (secondary N) is 1. The van der Waals surface area contributed by atoms with Crippen LogP contribution in [0.1, 0.15) is 10.4 Å². The summed E-state index contributed by atoms with van der Waals surface area (Å²) in [5, 5.41) is 2.80. The Morgan fingerprint density at radius 2 is 1.90 bits per heavy atom. The van der Waals surface area contributed by atoms with Gasteiger partial charge in [-0.05, 0) is 46.3 Å². The maximum absolute atomic E-state index is 12.2. The fourth-order valence-corrected chi connectivity index (χ4v) is 2.14. The molecule has 21 heavy (non-hydrogen) atoms. The predicted octanol–water partition coefficient (Wildman–Crippen LogP) is 3.30. The summed E-state index contributed by atoms with van der Waals surface area (Å²) >= 11 is 3.38. The van der Waals surface area contributed by atoms with Gasteiger partial charge in [-0.3, -0.25) is 4.79 Å². The van der Waals surface area contributed by atoms with E-state index >= 15 is 0 Å². The van der Waals surface area contributed by atoms with E-state index in [4.69, 9.17) is 15.2 Å². The van der Waals surface area contributed by atoms with Crippen molar-refractivity contribution in [2.24, 2.45) is 0 Å². The van der Waals surface area contributed by atoms with Crippen LogP contribution in [0.5, 0.6) is 11.5 Å². The summed E-state index contributed by atoms with van der Waals surface area (Å²) in [6.07, 6.45) is 0. The van der Waals surface area contributed by atoms with Crippen molar-refractivity contribution in [3.05, 3.63) is 46.4 Å². The Morgan fingerprint density at radius 3 is 2.52 bits per heavy atom. The van der Waals surface area contributed by atoms with Gasteiger partial charge in [-0.15, -0.1) is 0 Å². The third-order valence-corrected chi connectivity index (χ3v) is 3.61. The topological polar surface area (TPSA) is 73.6 Å². The quantitative estimate of drug-likeness (QED) is 0.829. The zero-order valence-electron chi connectivity index (χ0n) is 11.6. The molecule has 2 aromatic carbocycles. The smallest absolute Gasteiger partial charge is 0.255 e. The molecular formula is C15H15BrN2O3. The van der Waals surface area contributed by atoms with Gasteiger partial charge in [0.05, 0.1) is 25.6 Å². The molecular weight excluding hydrogens is 336 g/mol. The Bertz CT molecular complexity index is 674. The lowest BCUT2D eigenvalue weighted by molar-refractivity contribution is 0.102. The lowest BCUT2D eigenvalue weighted by atomic mass is 10.1. The van der Waals surface area contributed by atoms with E-state index in [0.29, 0.717) is 28.4 Å². The fraction of sp³-hybridized carbons (Fsp3) is 0.133. The Labute approximate surface area is 131 Å². The molecule has 0 radical (unpaired) electrons. The highest BCUT2D eigenvalue weighted by atomic mass is 79.9. The van der Waals surface area contributed by atoms with Crippen LogP contribution in [-0.4, -0.2) is 20.1 Å². The van der Waals surface area contributed by atoms with Crippen LogP contribution in [0.4, 0.5) is 11.4 Å². The van der Waals surface area contributed by atoms with Gasteiger partial charge in [0.25, 0.3) is 5.91 Å². The van der Waals surface area contributed by atoms with Crippen molar-refractivity contribution in [2.45, 2.75) is 0 Å². The van der Waals surface area contributed by atoms with Gasteiger partial charge in [0.15, 0.2) is 0 Å². The molecule has 0 saturated heterocycles. The molecule has 0 spiro atoms. The van der Waals surface area contributed by atoms with Gasteiger partial charge < -0.3 is 20.5 Å². The number of rotatable bonds is 4. The second-order valence-corrected chi connectivity index (χ2v) is 5.11. The summed E-state index contributed by atoms with van der Waals surface area (Å²) in [7, 11) is 3.10. The second-order valence-electron chi connectivity index (χ2n) is 4.26. The van der Waals surface area contributed by atoms with Crippen LogP contribution in [0.25, 0.3) is 0 Å². The molecule has 0 aliphatic rings. The number of carbonyl (C=O) groups excluding carboxylic acids is 1. The van der Waals surface area contributed by atoms with Crippen LogP contribution in [0.2, 0.25) is 0 Å². The van der Waals surface area contributed by atoms with Gasteiger partial charge in [-0.2, -0.15) is 0 Å². The molecule has 6 heteroatoms. The zero-order chi connectivity index (χ0) is 15.4. The number of nitrogen functional groups attached to an aromatic ring is 1. The first-order valence-electron chi connectivity index (χ1n) is 6.13. The van der Waals surface area contributed by atoms with E-state index in [1.165, 1.54) is 7.11 Å². The van der Waals surface area contributed by atoms with Crippen LogP contribution in [0.3, 0.4) is 0 Å². The molecule has 0 fully saturated rings. The number of ether oxygens (including phenoxy) is 2. The number of hydrogen-bond donors (Lipinski definition) is 2. The normalized spacial score (nSPS) is 10.0. The molecule has 110 valence electrons. The summed E-state index contributed by atoms with van der Waals surface area (Å²) in [4.78, 5) is 12.2. The second kappa shape index (κ2) is 6.49. The van der Waals surface area contributed by atoms with Crippen molar-refractivity contribution in [1.29, 1.82) is 0 Å².